The number of rotatable bonds is 2. The Labute approximate surface area is 104 Å². The minimum absolute atomic E-state index is 0.0635. The second-order valence-corrected chi connectivity index (χ2v) is 4.05. The molecule has 0 aliphatic carbocycles. The van der Waals surface area contributed by atoms with Gasteiger partial charge in [-0.1, -0.05) is 23.2 Å². The van der Waals surface area contributed by atoms with Gasteiger partial charge < -0.3 is 9.84 Å². The highest BCUT2D eigenvalue weighted by Gasteiger charge is 2.32. The van der Waals surface area contributed by atoms with Crippen molar-refractivity contribution in [2.24, 2.45) is 0 Å². The first-order chi connectivity index (χ1) is 8.08. The van der Waals surface area contributed by atoms with Crippen molar-refractivity contribution in [3.63, 3.8) is 0 Å². The fourth-order valence-electron chi connectivity index (χ4n) is 1.43. The summed E-state index contributed by atoms with van der Waals surface area (Å²) in [5.74, 6) is 0.00337. The van der Waals surface area contributed by atoms with Crippen LogP contribution < -0.4 is 4.74 Å². The molecule has 2 aromatic rings. The smallest absolute Gasteiger partial charge is 0.354 e. The van der Waals surface area contributed by atoms with Gasteiger partial charge in [0.05, 0.1) is 6.20 Å². The first-order valence-corrected chi connectivity index (χ1v) is 5.19. The number of halogens is 2. The Bertz CT molecular complexity index is 653. The van der Waals surface area contributed by atoms with Gasteiger partial charge in [-0.3, -0.25) is 0 Å². The molecular formula is C9H3Cl2N3O3. The number of carbonyl (C=O) groups is 1. The monoisotopic (exact) mass is 271 g/mol. The number of carboxylic acids is 1. The van der Waals surface area contributed by atoms with Crippen molar-refractivity contribution < 1.29 is 14.6 Å². The highest BCUT2D eigenvalue weighted by atomic mass is 35.5. The van der Waals surface area contributed by atoms with Crippen LogP contribution in [0.2, 0.25) is 10.2 Å². The standard InChI is InChI=1S/C9H3Cl2N3O3/c10-3-2-12-8(7-6(3)17-7)14-4(9(15)16)1-5(11)13-14/h1-2H,(H,15,16). The summed E-state index contributed by atoms with van der Waals surface area (Å²) in [6.07, 6.45) is 1.37. The van der Waals surface area contributed by atoms with Gasteiger partial charge in [0.25, 0.3) is 0 Å². The van der Waals surface area contributed by atoms with Gasteiger partial charge in [0.2, 0.25) is 11.6 Å². The van der Waals surface area contributed by atoms with E-state index in [0.717, 1.165) is 4.68 Å². The van der Waals surface area contributed by atoms with Gasteiger partial charge in [-0.05, 0) is 0 Å². The van der Waals surface area contributed by atoms with E-state index >= 15 is 0 Å². The van der Waals surface area contributed by atoms with E-state index in [4.69, 9.17) is 33.0 Å². The first-order valence-electron chi connectivity index (χ1n) is 4.43. The van der Waals surface area contributed by atoms with Gasteiger partial charge in [-0.2, -0.15) is 5.10 Å². The van der Waals surface area contributed by atoms with Gasteiger partial charge in [0, 0.05) is 6.07 Å². The lowest BCUT2D eigenvalue weighted by atomic mass is 10.4. The van der Waals surface area contributed by atoms with Crippen molar-refractivity contribution >= 4 is 29.2 Å². The van der Waals surface area contributed by atoms with E-state index in [1.165, 1.54) is 12.3 Å². The molecule has 2 aromatic heterocycles. The Balaban J connectivity index is 2.20. The Morgan fingerprint density at radius 2 is 2.18 bits per heavy atom. The third-order valence-corrected chi connectivity index (χ3v) is 2.64. The number of carboxylic acid groups (broad SMARTS) is 1. The minimum Gasteiger partial charge on any atom is -0.477 e. The molecule has 1 aliphatic heterocycles. The van der Waals surface area contributed by atoms with Crippen LogP contribution in [0.15, 0.2) is 12.3 Å². The molecule has 0 aromatic carbocycles. The zero-order valence-corrected chi connectivity index (χ0v) is 9.53. The van der Waals surface area contributed by atoms with Crippen molar-refractivity contribution in [1.82, 2.24) is 14.8 Å². The molecule has 86 valence electrons. The molecule has 8 heteroatoms. The molecule has 0 bridgehead atoms. The molecule has 0 radical (unpaired) electrons. The summed E-state index contributed by atoms with van der Waals surface area (Å²) in [4.78, 5) is 15.0. The summed E-state index contributed by atoms with van der Waals surface area (Å²) in [5.41, 5.74) is -0.0949. The van der Waals surface area contributed by atoms with Crippen LogP contribution in [0, 0.1) is 0 Å². The first kappa shape index (κ1) is 10.4. The normalized spacial score (nSPS) is 11.9. The van der Waals surface area contributed by atoms with E-state index < -0.39 is 5.97 Å². The summed E-state index contributed by atoms with van der Waals surface area (Å²) in [7, 11) is 0. The lowest BCUT2D eigenvalue weighted by Crippen LogP contribution is -2.08. The molecule has 1 N–H and O–H groups in total. The Morgan fingerprint density at radius 3 is 2.88 bits per heavy atom. The molecule has 3 heterocycles. The molecule has 0 amide bonds. The van der Waals surface area contributed by atoms with Crippen molar-refractivity contribution in [3.05, 3.63) is 28.1 Å². The average Bonchev–Trinajstić information content (AvgIpc) is 2.97. The van der Waals surface area contributed by atoms with Crippen molar-refractivity contribution in [3.8, 4) is 17.3 Å². The summed E-state index contributed by atoms with van der Waals surface area (Å²) in [6, 6.07) is 1.23. The second-order valence-electron chi connectivity index (χ2n) is 3.26. The van der Waals surface area contributed by atoms with Crippen LogP contribution in [0.1, 0.15) is 10.5 Å². The Kier molecular flexibility index (Phi) is 2.04. The lowest BCUT2D eigenvalue weighted by molar-refractivity contribution is 0.0687. The molecule has 3 rings (SSSR count). The van der Waals surface area contributed by atoms with E-state index in [9.17, 15) is 4.79 Å². The Hall–Kier alpha value is -1.79. The number of hydrogen-bond donors (Lipinski definition) is 1. The molecule has 1 aliphatic rings. The van der Waals surface area contributed by atoms with Gasteiger partial charge in [-0.15, -0.1) is 0 Å². The number of nitrogens with zero attached hydrogens (tertiary/aromatic N) is 3. The second kappa shape index (κ2) is 3.35. The zero-order valence-electron chi connectivity index (χ0n) is 8.02. The fourth-order valence-corrected chi connectivity index (χ4v) is 1.79. The van der Waals surface area contributed by atoms with Crippen LogP contribution in [0.3, 0.4) is 0 Å². The summed E-state index contributed by atoms with van der Waals surface area (Å²) >= 11 is 11.4. The topological polar surface area (TPSA) is 80.5 Å². The van der Waals surface area contributed by atoms with E-state index in [0.29, 0.717) is 16.5 Å². The number of pyridine rings is 1. The average molecular weight is 272 g/mol. The highest BCUT2D eigenvalue weighted by molar-refractivity contribution is 6.32. The molecule has 6 nitrogen and oxygen atoms in total. The van der Waals surface area contributed by atoms with Crippen LogP contribution in [-0.4, -0.2) is 25.8 Å². The van der Waals surface area contributed by atoms with E-state index in [-0.39, 0.29) is 16.7 Å². The van der Waals surface area contributed by atoms with Gasteiger partial charge in [0.15, 0.2) is 16.6 Å². The maximum atomic E-state index is 11.0. The maximum Gasteiger partial charge on any atom is 0.354 e. The van der Waals surface area contributed by atoms with Crippen LogP contribution in [0.5, 0.6) is 11.5 Å². The number of hydrogen-bond acceptors (Lipinski definition) is 4. The third kappa shape index (κ3) is 1.53. The number of aromatic nitrogens is 3. The molecule has 0 saturated carbocycles. The predicted octanol–water partition coefficient (Wildman–Crippen LogP) is 2.38. The minimum atomic E-state index is -1.16. The van der Waals surface area contributed by atoms with Crippen LogP contribution in [0.4, 0.5) is 0 Å². The zero-order chi connectivity index (χ0) is 12.2. The van der Waals surface area contributed by atoms with Crippen LogP contribution in [0.25, 0.3) is 5.82 Å². The Morgan fingerprint density at radius 1 is 1.41 bits per heavy atom. The molecular weight excluding hydrogens is 269 g/mol. The van der Waals surface area contributed by atoms with Gasteiger partial charge in [0.1, 0.15) is 5.02 Å². The largest absolute Gasteiger partial charge is 0.477 e. The SMILES string of the molecule is O=C(O)c1cc(Cl)nn1-c1ncc(Cl)c2c1O2. The van der Waals surface area contributed by atoms with Crippen molar-refractivity contribution in [2.45, 2.75) is 0 Å². The quantitative estimate of drug-likeness (QED) is 0.724. The lowest BCUT2D eigenvalue weighted by Gasteiger charge is -1.99. The molecule has 0 unspecified atom stereocenters. The highest BCUT2D eigenvalue weighted by Crippen LogP contribution is 2.53. The molecule has 0 atom stereocenters. The van der Waals surface area contributed by atoms with E-state index in [1.54, 1.807) is 0 Å². The third-order valence-electron chi connectivity index (χ3n) is 2.19. The van der Waals surface area contributed by atoms with Crippen molar-refractivity contribution in [2.75, 3.05) is 0 Å². The van der Waals surface area contributed by atoms with Crippen LogP contribution >= 0.6 is 23.2 Å². The maximum absolute atomic E-state index is 11.0. The summed E-state index contributed by atoms with van der Waals surface area (Å²) < 4.78 is 6.21. The molecule has 17 heavy (non-hydrogen) atoms. The molecule has 0 fully saturated rings. The summed E-state index contributed by atoms with van der Waals surface area (Å²) in [5, 5.41) is 13.3. The summed E-state index contributed by atoms with van der Waals surface area (Å²) in [6.45, 7) is 0. The van der Waals surface area contributed by atoms with E-state index in [1.807, 2.05) is 0 Å². The number of ether oxygens (including phenoxy) is 1. The number of aromatic carboxylic acids is 1. The van der Waals surface area contributed by atoms with Crippen molar-refractivity contribution in [1.29, 1.82) is 0 Å². The molecule has 0 spiro atoms. The molecule has 0 saturated heterocycles. The van der Waals surface area contributed by atoms with Crippen LogP contribution in [-0.2, 0) is 0 Å². The number of fused-ring (bicyclic) bond motifs is 1. The van der Waals surface area contributed by atoms with Gasteiger partial charge in [-0.25, -0.2) is 14.5 Å². The van der Waals surface area contributed by atoms with Gasteiger partial charge >= 0.3 is 5.97 Å². The van der Waals surface area contributed by atoms with E-state index in [2.05, 4.69) is 10.1 Å². The fraction of sp³-hybridized carbons (Fsp3) is 0. The predicted molar refractivity (Wildman–Crippen MR) is 58.4 cm³/mol.